The molecule has 1 atom stereocenters. The zero-order valence-corrected chi connectivity index (χ0v) is 18.9. The van der Waals surface area contributed by atoms with Gasteiger partial charge >= 0.3 is 11.9 Å². The third-order valence-electron chi connectivity index (χ3n) is 5.04. The second-order valence-electron chi connectivity index (χ2n) is 7.49. The van der Waals surface area contributed by atoms with Crippen molar-refractivity contribution in [3.63, 3.8) is 0 Å². The third kappa shape index (κ3) is 5.71. The van der Waals surface area contributed by atoms with E-state index in [1.807, 2.05) is 0 Å². The maximum Gasteiger partial charge on any atom is 0.309 e. The standard InChI is InChI=1S/C23H19ClN6O5/c24-15-6-4-14(5-7-15)13-29-22(32)19(30(33)34)12-26-23(29)27-16-8-10-17(11-9-16)35-20-3-1-2-18(28-20)21(25)31/h1-11,19H,12-13H2,(H2,25,31)(H,26,27). The molecule has 0 fully saturated rings. The Morgan fingerprint density at radius 1 is 1.17 bits per heavy atom. The molecule has 12 heteroatoms. The molecule has 11 nitrogen and oxygen atoms in total. The molecule has 2 amide bonds. The number of benzene rings is 2. The maximum atomic E-state index is 12.8. The van der Waals surface area contributed by atoms with E-state index in [9.17, 15) is 19.7 Å². The smallest absolute Gasteiger partial charge is 0.309 e. The summed E-state index contributed by atoms with van der Waals surface area (Å²) in [6.07, 6.45) is 0. The molecule has 3 aromatic rings. The van der Waals surface area contributed by atoms with E-state index in [-0.39, 0.29) is 30.6 Å². The molecule has 0 spiro atoms. The lowest BCUT2D eigenvalue weighted by Crippen LogP contribution is -2.53. The Bertz CT molecular complexity index is 1300. The van der Waals surface area contributed by atoms with E-state index in [4.69, 9.17) is 22.1 Å². The number of halogens is 1. The van der Waals surface area contributed by atoms with Crippen LogP contribution in [0, 0.1) is 10.1 Å². The first kappa shape index (κ1) is 23.6. The van der Waals surface area contributed by atoms with E-state index in [0.29, 0.717) is 16.5 Å². The third-order valence-corrected chi connectivity index (χ3v) is 5.29. The topological polar surface area (TPSA) is 153 Å². The van der Waals surface area contributed by atoms with Gasteiger partial charge in [0, 0.05) is 21.7 Å². The van der Waals surface area contributed by atoms with Crippen molar-refractivity contribution in [1.29, 1.82) is 0 Å². The number of pyridine rings is 1. The van der Waals surface area contributed by atoms with Crippen LogP contribution in [0.25, 0.3) is 0 Å². The second-order valence-corrected chi connectivity index (χ2v) is 7.93. The predicted octanol–water partition coefficient (Wildman–Crippen LogP) is 3.08. The lowest BCUT2D eigenvalue weighted by Gasteiger charge is -2.29. The number of nitrogens with two attached hydrogens (primary N) is 1. The lowest BCUT2D eigenvalue weighted by molar-refractivity contribution is -0.506. The molecular weight excluding hydrogens is 476 g/mol. The Morgan fingerprint density at radius 2 is 1.89 bits per heavy atom. The quantitative estimate of drug-likeness (QED) is 0.378. The zero-order valence-electron chi connectivity index (χ0n) is 18.1. The van der Waals surface area contributed by atoms with Gasteiger partial charge in [-0.25, -0.2) is 9.98 Å². The van der Waals surface area contributed by atoms with E-state index < -0.39 is 22.8 Å². The first-order chi connectivity index (χ1) is 16.8. The van der Waals surface area contributed by atoms with Crippen LogP contribution < -0.4 is 15.8 Å². The highest BCUT2D eigenvalue weighted by molar-refractivity contribution is 6.30. The van der Waals surface area contributed by atoms with Gasteiger partial charge in [-0.3, -0.25) is 24.6 Å². The highest BCUT2D eigenvalue weighted by Gasteiger charge is 2.39. The summed E-state index contributed by atoms with van der Waals surface area (Å²) < 4.78 is 5.65. The SMILES string of the molecule is NC(=O)c1cccc(Oc2ccc(NC3=NCC([N+](=O)[O-])C(=O)N3Cc3ccc(Cl)cc3)cc2)n1. The van der Waals surface area contributed by atoms with Crippen LogP contribution in [0.4, 0.5) is 5.69 Å². The van der Waals surface area contributed by atoms with Crippen LogP contribution >= 0.6 is 11.6 Å². The first-order valence-electron chi connectivity index (χ1n) is 10.4. The Kier molecular flexibility index (Phi) is 6.88. The van der Waals surface area contributed by atoms with Gasteiger partial charge in [-0.15, -0.1) is 0 Å². The molecule has 1 aliphatic heterocycles. The Morgan fingerprint density at radius 3 is 2.54 bits per heavy atom. The highest BCUT2D eigenvalue weighted by Crippen LogP contribution is 2.23. The molecule has 35 heavy (non-hydrogen) atoms. The number of nitrogens with zero attached hydrogens (tertiary/aromatic N) is 4. The van der Waals surface area contributed by atoms with Crippen molar-refractivity contribution in [2.75, 3.05) is 11.9 Å². The van der Waals surface area contributed by atoms with Crippen molar-refractivity contribution in [2.24, 2.45) is 10.7 Å². The second kappa shape index (κ2) is 10.2. The minimum Gasteiger partial charge on any atom is -0.439 e. The van der Waals surface area contributed by atoms with Crippen LogP contribution in [0.1, 0.15) is 16.1 Å². The van der Waals surface area contributed by atoms with Gasteiger partial charge in [-0.05, 0) is 48.0 Å². The van der Waals surface area contributed by atoms with E-state index in [1.54, 1.807) is 60.7 Å². The molecule has 0 saturated heterocycles. The van der Waals surface area contributed by atoms with Gasteiger partial charge in [0.1, 0.15) is 18.0 Å². The van der Waals surface area contributed by atoms with E-state index in [0.717, 1.165) is 5.56 Å². The van der Waals surface area contributed by atoms with Crippen LogP contribution in [-0.2, 0) is 11.3 Å². The summed E-state index contributed by atoms with van der Waals surface area (Å²) in [4.78, 5) is 44.3. The molecule has 2 aromatic carbocycles. The number of guanidine groups is 1. The number of ether oxygens (including phenoxy) is 1. The number of carbonyl (C=O) groups is 2. The molecule has 2 heterocycles. The number of hydrogen-bond donors (Lipinski definition) is 2. The van der Waals surface area contributed by atoms with Gasteiger partial charge in [0.25, 0.3) is 5.91 Å². The fraction of sp³-hybridized carbons (Fsp3) is 0.130. The van der Waals surface area contributed by atoms with Crippen LogP contribution in [-0.4, -0.2) is 45.2 Å². The number of hydrogen-bond acceptors (Lipinski definition) is 8. The van der Waals surface area contributed by atoms with Crippen LogP contribution in [0.5, 0.6) is 11.6 Å². The number of rotatable bonds is 7. The molecule has 0 radical (unpaired) electrons. The molecular formula is C23H19ClN6O5. The average Bonchev–Trinajstić information content (AvgIpc) is 2.84. The number of anilines is 1. The Balaban J connectivity index is 1.51. The van der Waals surface area contributed by atoms with E-state index >= 15 is 0 Å². The number of aromatic nitrogens is 1. The largest absolute Gasteiger partial charge is 0.439 e. The molecule has 0 bridgehead atoms. The van der Waals surface area contributed by atoms with E-state index in [2.05, 4.69) is 15.3 Å². The van der Waals surface area contributed by atoms with Crippen molar-refractivity contribution in [3.05, 3.63) is 93.1 Å². The minimum atomic E-state index is -1.45. The molecule has 0 aliphatic carbocycles. The fourth-order valence-corrected chi connectivity index (χ4v) is 3.40. The van der Waals surface area contributed by atoms with Gasteiger partial charge in [0.15, 0.2) is 0 Å². The van der Waals surface area contributed by atoms with Crippen molar-refractivity contribution >= 4 is 35.1 Å². The number of carbonyl (C=O) groups excluding carboxylic acids is 2. The first-order valence-corrected chi connectivity index (χ1v) is 10.7. The fourth-order valence-electron chi connectivity index (χ4n) is 3.27. The molecule has 1 aliphatic rings. The number of aliphatic imine (C=N–C) groups is 1. The number of amides is 2. The molecule has 1 unspecified atom stereocenters. The summed E-state index contributed by atoms with van der Waals surface area (Å²) >= 11 is 5.93. The van der Waals surface area contributed by atoms with Gasteiger partial charge in [-0.2, -0.15) is 0 Å². The van der Waals surface area contributed by atoms with E-state index in [1.165, 1.54) is 11.0 Å². The van der Waals surface area contributed by atoms with Gasteiger partial charge < -0.3 is 15.8 Å². The monoisotopic (exact) mass is 494 g/mol. The summed E-state index contributed by atoms with van der Waals surface area (Å²) in [5.41, 5.74) is 6.62. The van der Waals surface area contributed by atoms with Crippen LogP contribution in [0.3, 0.4) is 0 Å². The van der Waals surface area contributed by atoms with Gasteiger partial charge in [-0.1, -0.05) is 29.8 Å². The maximum absolute atomic E-state index is 12.8. The average molecular weight is 495 g/mol. The highest BCUT2D eigenvalue weighted by atomic mass is 35.5. The van der Waals surface area contributed by atoms with Crippen LogP contribution in [0.2, 0.25) is 5.02 Å². The minimum absolute atomic E-state index is 0.0783. The van der Waals surface area contributed by atoms with Crippen molar-refractivity contribution in [1.82, 2.24) is 9.88 Å². The Labute approximate surface area is 204 Å². The molecule has 0 saturated carbocycles. The van der Waals surface area contributed by atoms with Crippen molar-refractivity contribution in [2.45, 2.75) is 12.6 Å². The lowest BCUT2D eigenvalue weighted by atomic mass is 10.1. The van der Waals surface area contributed by atoms with Crippen molar-refractivity contribution in [3.8, 4) is 11.6 Å². The zero-order chi connectivity index (χ0) is 24.9. The predicted molar refractivity (Wildman–Crippen MR) is 128 cm³/mol. The normalized spacial score (nSPS) is 15.3. The van der Waals surface area contributed by atoms with Gasteiger partial charge in [0.05, 0.1) is 6.54 Å². The molecule has 178 valence electrons. The van der Waals surface area contributed by atoms with Crippen LogP contribution in [0.15, 0.2) is 71.7 Å². The molecule has 3 N–H and O–H groups in total. The molecule has 1 aromatic heterocycles. The summed E-state index contributed by atoms with van der Waals surface area (Å²) in [5.74, 6) is -0.502. The van der Waals surface area contributed by atoms with Gasteiger partial charge in [0.2, 0.25) is 11.8 Å². The molecule has 4 rings (SSSR count). The summed E-state index contributed by atoms with van der Waals surface area (Å²) in [6.45, 7) is -0.191. The summed E-state index contributed by atoms with van der Waals surface area (Å²) in [6, 6.07) is 16.7. The number of nitrogens with one attached hydrogen (secondary N) is 1. The number of primary amides is 1. The van der Waals surface area contributed by atoms with Crippen molar-refractivity contribution < 1.29 is 19.2 Å². The summed E-state index contributed by atoms with van der Waals surface area (Å²) in [7, 11) is 0. The summed E-state index contributed by atoms with van der Waals surface area (Å²) in [5, 5.41) is 14.9. The Hall–Kier alpha value is -4.51. The number of nitro groups is 1.